The van der Waals surface area contributed by atoms with Crippen molar-refractivity contribution in [2.75, 3.05) is 19.1 Å². The molecule has 2 aromatic heterocycles. The summed E-state index contributed by atoms with van der Waals surface area (Å²) in [5.41, 5.74) is 7.80. The lowest BCUT2D eigenvalue weighted by Gasteiger charge is -2.32. The van der Waals surface area contributed by atoms with Gasteiger partial charge in [0.1, 0.15) is 17.9 Å². The minimum absolute atomic E-state index is 0.293. The maximum absolute atomic E-state index is 5.88. The molecular weight excluding hydrogens is 344 g/mol. The zero-order valence-corrected chi connectivity index (χ0v) is 15.4. The summed E-state index contributed by atoms with van der Waals surface area (Å²) in [5.74, 6) is 3.11. The third-order valence-electron chi connectivity index (χ3n) is 4.85. The third-order valence-corrected chi connectivity index (χ3v) is 4.85. The Hall–Kier alpha value is -3.00. The molecule has 1 aliphatic rings. The summed E-state index contributed by atoms with van der Waals surface area (Å²) in [5, 5.41) is 4.06. The van der Waals surface area contributed by atoms with E-state index < -0.39 is 0 Å². The Morgan fingerprint density at radius 3 is 2.70 bits per heavy atom. The van der Waals surface area contributed by atoms with E-state index in [1.165, 1.54) is 0 Å². The van der Waals surface area contributed by atoms with Gasteiger partial charge in [0, 0.05) is 36.3 Å². The van der Waals surface area contributed by atoms with Gasteiger partial charge in [-0.25, -0.2) is 9.97 Å². The summed E-state index contributed by atoms with van der Waals surface area (Å²) in [6.07, 6.45) is 3.56. The number of hydrogen-bond donors (Lipinski definition) is 1. The van der Waals surface area contributed by atoms with Crippen LogP contribution in [0.25, 0.3) is 11.4 Å². The second-order valence-corrected chi connectivity index (χ2v) is 6.83. The molecule has 1 aromatic carbocycles. The summed E-state index contributed by atoms with van der Waals surface area (Å²) < 4.78 is 10.6. The van der Waals surface area contributed by atoms with Crippen molar-refractivity contribution in [3.8, 4) is 17.1 Å². The van der Waals surface area contributed by atoms with Gasteiger partial charge < -0.3 is 19.9 Å². The average molecular weight is 366 g/mol. The number of methoxy groups -OCH3 is 1. The molecule has 1 fully saturated rings. The molecule has 0 amide bonds. The molecule has 0 unspecified atom stereocenters. The Bertz CT molecular complexity index is 905. The number of nitrogens with zero attached hydrogens (tertiary/aromatic N) is 5. The molecule has 8 heteroatoms. The van der Waals surface area contributed by atoms with Gasteiger partial charge in [-0.15, -0.1) is 0 Å². The highest BCUT2D eigenvalue weighted by Gasteiger charge is 2.28. The zero-order valence-electron chi connectivity index (χ0n) is 15.4. The van der Waals surface area contributed by atoms with Crippen molar-refractivity contribution in [1.29, 1.82) is 0 Å². The molecular formula is C19H22N6O2. The van der Waals surface area contributed by atoms with Crippen LogP contribution in [0.5, 0.6) is 5.75 Å². The van der Waals surface area contributed by atoms with E-state index in [1.54, 1.807) is 13.4 Å². The maximum Gasteiger partial charge on any atom is 0.246 e. The van der Waals surface area contributed by atoms with Crippen molar-refractivity contribution in [2.24, 2.45) is 5.73 Å². The van der Waals surface area contributed by atoms with Crippen LogP contribution in [0.3, 0.4) is 0 Å². The molecule has 140 valence electrons. The van der Waals surface area contributed by atoms with E-state index in [1.807, 2.05) is 42.3 Å². The first-order valence-corrected chi connectivity index (χ1v) is 8.88. The predicted molar refractivity (Wildman–Crippen MR) is 100 cm³/mol. The van der Waals surface area contributed by atoms with E-state index in [9.17, 15) is 0 Å². The Kier molecular flexibility index (Phi) is 4.72. The van der Waals surface area contributed by atoms with Crippen LogP contribution in [-0.4, -0.2) is 40.3 Å². The quantitative estimate of drug-likeness (QED) is 0.709. The predicted octanol–water partition coefficient (Wildman–Crippen LogP) is 2.38. The fourth-order valence-electron chi connectivity index (χ4n) is 3.16. The Morgan fingerprint density at radius 2 is 2.00 bits per heavy atom. The number of nitrogens with two attached hydrogens (primary N) is 1. The number of hydrogen-bond acceptors (Lipinski definition) is 8. The minimum atomic E-state index is 0.293. The molecule has 0 bridgehead atoms. The fourth-order valence-corrected chi connectivity index (χ4v) is 3.16. The van der Waals surface area contributed by atoms with Crippen LogP contribution < -0.4 is 15.4 Å². The molecule has 0 aliphatic heterocycles. The topological polar surface area (TPSA) is 103 Å². The second-order valence-electron chi connectivity index (χ2n) is 6.83. The maximum atomic E-state index is 5.88. The number of anilines is 1. The lowest BCUT2D eigenvalue weighted by Crippen LogP contribution is -2.35. The zero-order chi connectivity index (χ0) is 18.8. The molecule has 4 rings (SSSR count). The Balaban J connectivity index is 1.44. The smallest absolute Gasteiger partial charge is 0.246 e. The first-order chi connectivity index (χ1) is 13.1. The number of ether oxygens (including phenoxy) is 1. The SMILES string of the molecule is COc1ccc(-c2noc(CN(C)c3cc(C4CC(N)C4)ncn3)n2)cc1. The van der Waals surface area contributed by atoms with E-state index in [4.69, 9.17) is 15.0 Å². The molecule has 2 N–H and O–H groups in total. The largest absolute Gasteiger partial charge is 0.497 e. The number of benzene rings is 1. The van der Waals surface area contributed by atoms with E-state index in [0.717, 1.165) is 35.7 Å². The van der Waals surface area contributed by atoms with Crippen LogP contribution in [0.2, 0.25) is 0 Å². The van der Waals surface area contributed by atoms with Gasteiger partial charge in [-0.1, -0.05) is 5.16 Å². The molecule has 0 radical (unpaired) electrons. The summed E-state index contributed by atoms with van der Waals surface area (Å²) in [6, 6.07) is 9.84. The standard InChI is InChI=1S/C19H22N6O2/c1-25(17-9-16(21-11-22-17)13-7-14(20)8-13)10-18-23-19(24-27-18)12-3-5-15(26-2)6-4-12/h3-6,9,11,13-14H,7-8,10,20H2,1-2H3. The molecule has 0 spiro atoms. The normalized spacial score (nSPS) is 18.8. The number of rotatable bonds is 6. The first kappa shape index (κ1) is 17.4. The minimum Gasteiger partial charge on any atom is -0.497 e. The van der Waals surface area contributed by atoms with Gasteiger partial charge >= 0.3 is 0 Å². The van der Waals surface area contributed by atoms with Gasteiger partial charge in [-0.2, -0.15) is 4.98 Å². The van der Waals surface area contributed by atoms with Crippen LogP contribution >= 0.6 is 0 Å². The highest BCUT2D eigenvalue weighted by atomic mass is 16.5. The van der Waals surface area contributed by atoms with Crippen LogP contribution in [-0.2, 0) is 6.54 Å². The highest BCUT2D eigenvalue weighted by Crippen LogP contribution is 2.35. The van der Waals surface area contributed by atoms with E-state index in [0.29, 0.717) is 30.2 Å². The van der Waals surface area contributed by atoms with Crippen LogP contribution in [0.15, 0.2) is 41.2 Å². The molecule has 0 saturated heterocycles. The van der Waals surface area contributed by atoms with Gasteiger partial charge in [0.05, 0.1) is 13.7 Å². The summed E-state index contributed by atoms with van der Waals surface area (Å²) in [7, 11) is 3.57. The van der Waals surface area contributed by atoms with Crippen LogP contribution in [0.1, 0.15) is 30.3 Å². The monoisotopic (exact) mass is 366 g/mol. The van der Waals surface area contributed by atoms with Crippen LogP contribution in [0.4, 0.5) is 5.82 Å². The van der Waals surface area contributed by atoms with Crippen LogP contribution in [0, 0.1) is 0 Å². The van der Waals surface area contributed by atoms with Crippen molar-refractivity contribution in [3.05, 3.63) is 48.2 Å². The van der Waals surface area contributed by atoms with Crippen molar-refractivity contribution in [2.45, 2.75) is 31.3 Å². The van der Waals surface area contributed by atoms with Crippen molar-refractivity contribution >= 4 is 5.82 Å². The van der Waals surface area contributed by atoms with E-state index >= 15 is 0 Å². The van der Waals surface area contributed by atoms with Gasteiger partial charge in [0.15, 0.2) is 0 Å². The molecule has 27 heavy (non-hydrogen) atoms. The Labute approximate surface area is 157 Å². The highest BCUT2D eigenvalue weighted by molar-refractivity contribution is 5.55. The summed E-state index contributed by atoms with van der Waals surface area (Å²) in [6.45, 7) is 0.462. The molecule has 0 atom stereocenters. The third kappa shape index (κ3) is 3.75. The van der Waals surface area contributed by atoms with Gasteiger partial charge in [0.25, 0.3) is 0 Å². The van der Waals surface area contributed by atoms with Crippen molar-refractivity contribution in [3.63, 3.8) is 0 Å². The molecule has 2 heterocycles. The first-order valence-electron chi connectivity index (χ1n) is 8.88. The molecule has 3 aromatic rings. The second kappa shape index (κ2) is 7.32. The molecule has 1 saturated carbocycles. The van der Waals surface area contributed by atoms with Crippen molar-refractivity contribution in [1.82, 2.24) is 20.1 Å². The summed E-state index contributed by atoms with van der Waals surface area (Å²) in [4.78, 5) is 15.2. The summed E-state index contributed by atoms with van der Waals surface area (Å²) >= 11 is 0. The van der Waals surface area contributed by atoms with Gasteiger partial charge in [0.2, 0.25) is 11.7 Å². The Morgan fingerprint density at radius 1 is 1.22 bits per heavy atom. The van der Waals surface area contributed by atoms with E-state index in [-0.39, 0.29) is 0 Å². The van der Waals surface area contributed by atoms with Gasteiger partial charge in [-0.05, 0) is 37.1 Å². The lowest BCUT2D eigenvalue weighted by atomic mass is 9.78. The molecule has 1 aliphatic carbocycles. The van der Waals surface area contributed by atoms with E-state index in [2.05, 4.69) is 20.1 Å². The van der Waals surface area contributed by atoms with Gasteiger partial charge in [-0.3, -0.25) is 0 Å². The molecule has 8 nitrogen and oxygen atoms in total. The lowest BCUT2D eigenvalue weighted by molar-refractivity contribution is 0.345. The van der Waals surface area contributed by atoms with Crippen molar-refractivity contribution < 1.29 is 9.26 Å². The number of aromatic nitrogens is 4. The fraction of sp³-hybridized carbons (Fsp3) is 0.368. The average Bonchev–Trinajstić information content (AvgIpc) is 3.14.